The van der Waals surface area contributed by atoms with Crippen LogP contribution in [0.4, 0.5) is 4.39 Å². The van der Waals surface area contributed by atoms with Crippen molar-refractivity contribution >= 4 is 46.1 Å². The van der Waals surface area contributed by atoms with E-state index in [9.17, 15) is 9.60 Å². The van der Waals surface area contributed by atoms with Gasteiger partial charge < -0.3 is 10.1 Å². The molecule has 20 heavy (non-hydrogen) atoms. The summed E-state index contributed by atoms with van der Waals surface area (Å²) in [6.45, 7) is 3.84. The smallest absolute Gasteiger partial charge is 0.238 e. The summed E-state index contributed by atoms with van der Waals surface area (Å²) in [5.41, 5.74) is -0.349. The second-order valence-corrected chi connectivity index (χ2v) is 7.19. The minimum Gasteiger partial charge on any atom is -0.623 e. The van der Waals surface area contributed by atoms with E-state index < -0.39 is 16.7 Å². The average molecular weight is 333 g/mol. The van der Waals surface area contributed by atoms with E-state index in [0.717, 1.165) is 4.74 Å². The number of hydroxylamine groups is 1. The van der Waals surface area contributed by atoms with E-state index in [1.54, 1.807) is 6.07 Å². The third-order valence-electron chi connectivity index (χ3n) is 3.44. The second-order valence-electron chi connectivity index (χ2n) is 5.07. The van der Waals surface area contributed by atoms with Crippen LogP contribution in [0.5, 0.6) is 0 Å². The molecule has 0 N–H and O–H groups in total. The number of likely N-dealkylation sites (N-methyl/N-ethyl adjacent to an activating group) is 1. The largest absolute Gasteiger partial charge is 0.623 e. The van der Waals surface area contributed by atoms with Crippen molar-refractivity contribution in [1.82, 2.24) is 4.90 Å². The maximum atomic E-state index is 13.7. The first-order valence-corrected chi connectivity index (χ1v) is 7.60. The fourth-order valence-corrected chi connectivity index (χ4v) is 3.83. The zero-order chi connectivity index (χ0) is 15.1. The van der Waals surface area contributed by atoms with Gasteiger partial charge in [-0.25, -0.2) is 4.39 Å². The molecule has 0 saturated carbocycles. The van der Waals surface area contributed by atoms with Crippen molar-refractivity contribution in [3.8, 4) is 0 Å². The molecule has 1 fully saturated rings. The molecule has 0 aliphatic carbocycles. The van der Waals surface area contributed by atoms with Crippen molar-refractivity contribution in [1.29, 1.82) is 0 Å². The van der Waals surface area contributed by atoms with Gasteiger partial charge in [0, 0.05) is 7.05 Å². The summed E-state index contributed by atoms with van der Waals surface area (Å²) in [4.78, 5) is 1.87. The lowest BCUT2D eigenvalue weighted by Gasteiger charge is -2.30. The van der Waals surface area contributed by atoms with E-state index in [0.29, 0.717) is 4.32 Å². The van der Waals surface area contributed by atoms with Gasteiger partial charge in [-0.05, 0) is 37.7 Å². The summed E-state index contributed by atoms with van der Waals surface area (Å²) in [6.07, 6.45) is 1.19. The van der Waals surface area contributed by atoms with Crippen LogP contribution >= 0.6 is 35.6 Å². The fourth-order valence-electron chi connectivity index (χ4n) is 1.91. The van der Waals surface area contributed by atoms with E-state index >= 15 is 0 Å². The van der Waals surface area contributed by atoms with E-state index in [-0.39, 0.29) is 10.6 Å². The minimum atomic E-state index is -0.518. The van der Waals surface area contributed by atoms with E-state index in [4.69, 9.17) is 23.8 Å². The van der Waals surface area contributed by atoms with Crippen molar-refractivity contribution in [2.24, 2.45) is 0 Å². The lowest BCUT2D eigenvalue weighted by molar-refractivity contribution is -0.480. The molecule has 108 valence electrons. The quantitative estimate of drug-likeness (QED) is 0.273. The molecule has 1 heterocycles. The van der Waals surface area contributed by atoms with Gasteiger partial charge in [0.05, 0.1) is 10.6 Å². The molecule has 1 atom stereocenters. The van der Waals surface area contributed by atoms with Crippen LogP contribution in [0, 0.1) is 11.0 Å². The zero-order valence-electron chi connectivity index (χ0n) is 11.3. The molecule has 0 bridgehead atoms. The highest BCUT2D eigenvalue weighted by atomic mass is 35.5. The third-order valence-corrected chi connectivity index (χ3v) is 5.82. The Morgan fingerprint density at radius 2 is 2.20 bits per heavy atom. The molecule has 2 rings (SSSR count). The van der Waals surface area contributed by atoms with Gasteiger partial charge in [0.1, 0.15) is 15.7 Å². The topological polar surface area (TPSA) is 29.3 Å². The standard InChI is InChI=1S/C13H14ClFN2OS2/c1-13(2)11(20-12(19)16(13)3)17(18)7-8-9(14)5-4-6-10(8)15/h4-7,11H,1-3H3/b17-7-/t11-/m0/s1. The molecule has 0 radical (unpaired) electrons. The van der Waals surface area contributed by atoms with Crippen LogP contribution in [0.1, 0.15) is 19.4 Å². The number of hydrogen-bond acceptors (Lipinski definition) is 3. The van der Waals surface area contributed by atoms with E-state index in [1.807, 2.05) is 25.8 Å². The third kappa shape index (κ3) is 2.64. The molecule has 0 unspecified atom stereocenters. The molecule has 1 saturated heterocycles. The summed E-state index contributed by atoms with van der Waals surface area (Å²) in [6, 6.07) is 4.32. The van der Waals surface area contributed by atoms with Crippen LogP contribution in [0.25, 0.3) is 0 Å². The van der Waals surface area contributed by atoms with Crippen molar-refractivity contribution in [2.45, 2.75) is 24.8 Å². The molecule has 0 aromatic heterocycles. The molecule has 7 heteroatoms. The summed E-state index contributed by atoms with van der Waals surface area (Å²) < 4.78 is 15.1. The number of benzene rings is 1. The molecule has 1 aliphatic rings. The molecular formula is C13H14ClFN2OS2. The van der Waals surface area contributed by atoms with Gasteiger partial charge in [0.2, 0.25) is 5.37 Å². The van der Waals surface area contributed by atoms with Gasteiger partial charge in [-0.2, -0.15) is 4.74 Å². The molecule has 1 aromatic rings. The molecule has 0 spiro atoms. The predicted octanol–water partition coefficient (Wildman–Crippen LogP) is 3.48. The number of thioether (sulfide) groups is 1. The van der Waals surface area contributed by atoms with Crippen molar-refractivity contribution in [3.63, 3.8) is 0 Å². The summed E-state index contributed by atoms with van der Waals surface area (Å²) >= 11 is 12.4. The maximum Gasteiger partial charge on any atom is 0.238 e. The first-order valence-electron chi connectivity index (χ1n) is 5.94. The first kappa shape index (κ1) is 15.5. The number of halogens is 2. The Balaban J connectivity index is 2.39. The summed E-state index contributed by atoms with van der Waals surface area (Å²) in [5.74, 6) is -0.518. The Hall–Kier alpha value is -0.850. The Morgan fingerprint density at radius 3 is 2.70 bits per heavy atom. The molecule has 0 amide bonds. The Kier molecular flexibility index (Phi) is 4.27. The van der Waals surface area contributed by atoms with Crippen molar-refractivity contribution in [3.05, 3.63) is 39.8 Å². The highest BCUT2D eigenvalue weighted by Gasteiger charge is 2.48. The van der Waals surface area contributed by atoms with Crippen LogP contribution in [-0.2, 0) is 0 Å². The van der Waals surface area contributed by atoms with Gasteiger partial charge in [-0.1, -0.05) is 29.9 Å². The molecule has 1 aliphatic heterocycles. The van der Waals surface area contributed by atoms with Gasteiger partial charge in [0.15, 0.2) is 6.21 Å². The van der Waals surface area contributed by atoms with Crippen molar-refractivity contribution in [2.75, 3.05) is 7.05 Å². The van der Waals surface area contributed by atoms with Crippen LogP contribution in [0.2, 0.25) is 5.02 Å². The monoisotopic (exact) mass is 332 g/mol. The van der Waals surface area contributed by atoms with Gasteiger partial charge in [-0.3, -0.25) is 0 Å². The van der Waals surface area contributed by atoms with Crippen LogP contribution in [0.3, 0.4) is 0 Å². The molecule has 1 aromatic carbocycles. The van der Waals surface area contributed by atoms with Crippen molar-refractivity contribution < 1.29 is 9.13 Å². The summed E-state index contributed by atoms with van der Waals surface area (Å²) in [7, 11) is 1.85. The number of thiocarbonyl (C=S) groups is 1. The average Bonchev–Trinajstić information content (AvgIpc) is 2.57. The normalized spacial score (nSPS) is 22.4. The number of hydrogen-bond donors (Lipinski definition) is 0. The lowest BCUT2D eigenvalue weighted by atomic mass is 10.0. The Morgan fingerprint density at radius 1 is 1.55 bits per heavy atom. The SMILES string of the molecule is CN1C(=S)S[C@H](/[N+]([O-])=C/c2c(F)cccc2Cl)C1(C)C. The van der Waals surface area contributed by atoms with Crippen LogP contribution in [-0.4, -0.2) is 38.1 Å². The summed E-state index contributed by atoms with van der Waals surface area (Å²) in [5, 5.41) is 12.1. The second kappa shape index (κ2) is 5.50. The Bertz CT molecular complexity index is 571. The highest BCUT2D eigenvalue weighted by Crippen LogP contribution is 2.38. The van der Waals surface area contributed by atoms with Crippen LogP contribution < -0.4 is 0 Å². The fraction of sp³-hybridized carbons (Fsp3) is 0.385. The highest BCUT2D eigenvalue weighted by molar-refractivity contribution is 8.23. The number of rotatable bonds is 2. The van der Waals surface area contributed by atoms with E-state index in [2.05, 4.69) is 0 Å². The minimum absolute atomic E-state index is 0.0982. The molecular weight excluding hydrogens is 319 g/mol. The van der Waals surface area contributed by atoms with Crippen LogP contribution in [0.15, 0.2) is 18.2 Å². The zero-order valence-corrected chi connectivity index (χ0v) is 13.7. The Labute approximate surface area is 132 Å². The number of nitrogens with zero attached hydrogens (tertiary/aromatic N) is 2. The predicted molar refractivity (Wildman–Crippen MR) is 86.0 cm³/mol. The van der Waals surface area contributed by atoms with Gasteiger partial charge >= 0.3 is 0 Å². The molecule has 3 nitrogen and oxygen atoms in total. The van der Waals surface area contributed by atoms with E-state index in [1.165, 1.54) is 30.1 Å². The first-order chi connectivity index (χ1) is 9.25. The van der Waals surface area contributed by atoms with Gasteiger partial charge in [0.25, 0.3) is 0 Å². The maximum absolute atomic E-state index is 13.7. The van der Waals surface area contributed by atoms with Gasteiger partial charge in [-0.15, -0.1) is 0 Å². The lowest BCUT2D eigenvalue weighted by Crippen LogP contribution is -2.47.